The zero-order valence-electron chi connectivity index (χ0n) is 16.9. The summed E-state index contributed by atoms with van der Waals surface area (Å²) in [6.45, 7) is 9.60. The third-order valence-corrected chi connectivity index (χ3v) is 7.31. The van der Waals surface area contributed by atoms with Gasteiger partial charge in [-0.1, -0.05) is 12.8 Å². The van der Waals surface area contributed by atoms with Crippen molar-refractivity contribution in [3.05, 3.63) is 0 Å². The van der Waals surface area contributed by atoms with Crippen molar-refractivity contribution in [3.63, 3.8) is 0 Å². The molecule has 1 aliphatic carbocycles. The maximum absolute atomic E-state index is 12.5. The molecule has 2 saturated heterocycles. The number of thioether (sulfide) groups is 1. The molecule has 2 N–H and O–H groups in total. The molecule has 0 bridgehead atoms. The fourth-order valence-corrected chi connectivity index (χ4v) is 5.46. The number of nitrogens with one attached hydrogen (secondary N) is 2. The van der Waals surface area contributed by atoms with Crippen LogP contribution in [0.1, 0.15) is 45.4 Å². The maximum Gasteiger partial charge on any atom is 0.225 e. The lowest BCUT2D eigenvalue weighted by molar-refractivity contribution is -0.137. The van der Waals surface area contributed by atoms with Gasteiger partial charge < -0.3 is 15.5 Å². The van der Waals surface area contributed by atoms with Crippen molar-refractivity contribution >= 4 is 23.6 Å². The molecule has 0 aromatic carbocycles. The molecule has 2 aliphatic heterocycles. The molecular formula is C20H37N5OS. The fraction of sp³-hybridized carbons (Fsp3) is 0.900. The Bertz CT molecular complexity index is 481. The fourth-order valence-electron chi connectivity index (χ4n) is 4.28. The first kappa shape index (κ1) is 20.8. The second-order valence-electron chi connectivity index (χ2n) is 7.93. The summed E-state index contributed by atoms with van der Waals surface area (Å²) in [7, 11) is 0. The van der Waals surface area contributed by atoms with Crippen LogP contribution in [0.2, 0.25) is 0 Å². The lowest BCUT2D eigenvalue weighted by atomic mass is 10.1. The van der Waals surface area contributed by atoms with Crippen LogP contribution in [0.5, 0.6) is 0 Å². The molecule has 3 fully saturated rings. The van der Waals surface area contributed by atoms with E-state index in [1.165, 1.54) is 31.4 Å². The molecule has 7 heteroatoms. The SMILES string of the molecule is CCNC(=NCC1CCCS1)NCCN1CCN(C(=O)C2CCCC2)CC1. The van der Waals surface area contributed by atoms with Gasteiger partial charge in [-0.25, -0.2) is 0 Å². The molecule has 2 heterocycles. The van der Waals surface area contributed by atoms with Gasteiger partial charge in [-0.05, 0) is 38.4 Å². The molecule has 3 aliphatic rings. The first-order chi connectivity index (χ1) is 13.3. The summed E-state index contributed by atoms with van der Waals surface area (Å²) in [6.07, 6.45) is 7.32. The van der Waals surface area contributed by atoms with E-state index in [9.17, 15) is 4.79 Å². The van der Waals surface area contributed by atoms with E-state index in [0.717, 1.165) is 71.2 Å². The molecule has 1 saturated carbocycles. The molecule has 154 valence electrons. The molecule has 1 amide bonds. The number of hydrogen-bond acceptors (Lipinski definition) is 4. The lowest BCUT2D eigenvalue weighted by Crippen LogP contribution is -2.51. The number of carbonyl (C=O) groups excluding carboxylic acids is 1. The highest BCUT2D eigenvalue weighted by Crippen LogP contribution is 2.27. The van der Waals surface area contributed by atoms with Crippen LogP contribution in [0.15, 0.2) is 4.99 Å². The van der Waals surface area contributed by atoms with E-state index in [4.69, 9.17) is 4.99 Å². The highest BCUT2D eigenvalue weighted by atomic mass is 32.2. The minimum Gasteiger partial charge on any atom is -0.357 e. The van der Waals surface area contributed by atoms with Crippen molar-refractivity contribution in [1.29, 1.82) is 0 Å². The van der Waals surface area contributed by atoms with Crippen LogP contribution in [0.4, 0.5) is 0 Å². The molecule has 27 heavy (non-hydrogen) atoms. The van der Waals surface area contributed by atoms with Crippen LogP contribution in [-0.2, 0) is 4.79 Å². The van der Waals surface area contributed by atoms with Crippen LogP contribution in [-0.4, -0.2) is 85.0 Å². The monoisotopic (exact) mass is 395 g/mol. The number of piperazine rings is 1. The van der Waals surface area contributed by atoms with E-state index in [0.29, 0.717) is 17.1 Å². The van der Waals surface area contributed by atoms with Crippen molar-refractivity contribution in [3.8, 4) is 0 Å². The Labute approximate surface area is 168 Å². The molecule has 0 aromatic rings. The van der Waals surface area contributed by atoms with Gasteiger partial charge >= 0.3 is 0 Å². The standard InChI is InChI=1S/C20H37N5OS/c1-2-21-20(23-16-18-8-5-15-27-18)22-9-10-24-11-13-25(14-12-24)19(26)17-6-3-4-7-17/h17-18H,2-16H2,1H3,(H2,21,22,23). The summed E-state index contributed by atoms with van der Waals surface area (Å²) in [5.74, 6) is 2.96. The number of nitrogens with zero attached hydrogens (tertiary/aromatic N) is 3. The van der Waals surface area contributed by atoms with Crippen molar-refractivity contribution in [2.75, 3.05) is 58.1 Å². The third-order valence-electron chi connectivity index (χ3n) is 5.93. The first-order valence-electron chi connectivity index (χ1n) is 10.9. The Morgan fingerprint density at radius 2 is 1.85 bits per heavy atom. The summed E-state index contributed by atoms with van der Waals surface area (Å²) in [5, 5.41) is 7.53. The topological polar surface area (TPSA) is 60.0 Å². The lowest BCUT2D eigenvalue weighted by Gasteiger charge is -2.36. The summed E-state index contributed by atoms with van der Waals surface area (Å²) < 4.78 is 0. The van der Waals surface area contributed by atoms with E-state index >= 15 is 0 Å². The van der Waals surface area contributed by atoms with E-state index in [1.807, 2.05) is 0 Å². The summed E-state index contributed by atoms with van der Waals surface area (Å²) >= 11 is 2.06. The van der Waals surface area contributed by atoms with Gasteiger partial charge in [0, 0.05) is 57.0 Å². The summed E-state index contributed by atoms with van der Waals surface area (Å²) in [5.41, 5.74) is 0. The van der Waals surface area contributed by atoms with Gasteiger partial charge in [-0.15, -0.1) is 0 Å². The number of guanidine groups is 1. The molecule has 1 unspecified atom stereocenters. The maximum atomic E-state index is 12.5. The second kappa shape index (κ2) is 11.1. The van der Waals surface area contributed by atoms with Gasteiger partial charge in [-0.3, -0.25) is 14.7 Å². The minimum absolute atomic E-state index is 0.315. The van der Waals surface area contributed by atoms with E-state index in [2.05, 4.69) is 39.1 Å². The van der Waals surface area contributed by atoms with Crippen molar-refractivity contribution in [2.45, 2.75) is 50.7 Å². The Balaban J connectivity index is 1.33. The highest BCUT2D eigenvalue weighted by molar-refractivity contribution is 8.00. The van der Waals surface area contributed by atoms with Gasteiger partial charge in [-0.2, -0.15) is 11.8 Å². The molecule has 3 rings (SSSR count). The van der Waals surface area contributed by atoms with E-state index in [1.54, 1.807) is 0 Å². The van der Waals surface area contributed by atoms with Gasteiger partial charge in [0.2, 0.25) is 5.91 Å². The molecule has 0 radical (unpaired) electrons. The number of carbonyl (C=O) groups is 1. The Hall–Kier alpha value is -0.950. The van der Waals surface area contributed by atoms with Crippen LogP contribution >= 0.6 is 11.8 Å². The van der Waals surface area contributed by atoms with Gasteiger partial charge in [0.1, 0.15) is 0 Å². The highest BCUT2D eigenvalue weighted by Gasteiger charge is 2.29. The van der Waals surface area contributed by atoms with Crippen molar-refractivity contribution in [1.82, 2.24) is 20.4 Å². The smallest absolute Gasteiger partial charge is 0.225 e. The number of hydrogen-bond donors (Lipinski definition) is 2. The van der Waals surface area contributed by atoms with E-state index < -0.39 is 0 Å². The second-order valence-corrected chi connectivity index (χ2v) is 9.34. The quantitative estimate of drug-likeness (QED) is 0.508. The van der Waals surface area contributed by atoms with Gasteiger partial charge in [0.05, 0.1) is 6.54 Å². The van der Waals surface area contributed by atoms with Crippen LogP contribution < -0.4 is 10.6 Å². The number of rotatable bonds is 7. The average Bonchev–Trinajstić information content (AvgIpc) is 3.40. The number of aliphatic imine (C=N–C) groups is 1. The van der Waals surface area contributed by atoms with Gasteiger partial charge in [0.25, 0.3) is 0 Å². The number of amides is 1. The van der Waals surface area contributed by atoms with Crippen LogP contribution in [0, 0.1) is 5.92 Å². The molecule has 0 spiro atoms. The first-order valence-corrected chi connectivity index (χ1v) is 12.0. The molecular weight excluding hydrogens is 358 g/mol. The predicted octanol–water partition coefficient (Wildman–Crippen LogP) is 1.77. The Kier molecular flexibility index (Phi) is 8.58. The zero-order valence-corrected chi connectivity index (χ0v) is 17.7. The minimum atomic E-state index is 0.315. The summed E-state index contributed by atoms with van der Waals surface area (Å²) in [4.78, 5) is 21.9. The zero-order chi connectivity index (χ0) is 18.9. The normalized spacial score (nSPS) is 25.1. The van der Waals surface area contributed by atoms with Crippen LogP contribution in [0.25, 0.3) is 0 Å². The Morgan fingerprint density at radius 3 is 2.52 bits per heavy atom. The molecule has 6 nitrogen and oxygen atoms in total. The predicted molar refractivity (Wildman–Crippen MR) is 114 cm³/mol. The Morgan fingerprint density at radius 1 is 1.07 bits per heavy atom. The molecule has 1 atom stereocenters. The van der Waals surface area contributed by atoms with Crippen LogP contribution in [0.3, 0.4) is 0 Å². The van der Waals surface area contributed by atoms with E-state index in [-0.39, 0.29) is 0 Å². The third kappa shape index (κ3) is 6.56. The van der Waals surface area contributed by atoms with Crippen molar-refractivity contribution < 1.29 is 4.79 Å². The summed E-state index contributed by atoms with van der Waals surface area (Å²) in [6, 6.07) is 0. The largest absolute Gasteiger partial charge is 0.357 e. The molecule has 0 aromatic heterocycles. The van der Waals surface area contributed by atoms with Gasteiger partial charge in [0.15, 0.2) is 5.96 Å². The van der Waals surface area contributed by atoms with Crippen molar-refractivity contribution in [2.24, 2.45) is 10.9 Å². The average molecular weight is 396 g/mol.